The van der Waals surface area contributed by atoms with E-state index in [1.54, 1.807) is 13.0 Å². The Hall–Kier alpha value is -0.570. The highest BCUT2D eigenvalue weighted by Crippen LogP contribution is 2.25. The molecule has 13 heavy (non-hydrogen) atoms. The molecular formula is C10H14ClNO. The third-order valence-electron chi connectivity index (χ3n) is 1.97. The van der Waals surface area contributed by atoms with Gasteiger partial charge in [0, 0.05) is 16.6 Å². The average Bonchev–Trinajstić information content (AvgIpc) is 2.08. The summed E-state index contributed by atoms with van der Waals surface area (Å²) in [6.07, 6.45) is -0.688. The van der Waals surface area contributed by atoms with Gasteiger partial charge in [0.15, 0.2) is 0 Å². The van der Waals surface area contributed by atoms with Gasteiger partial charge in [0.25, 0.3) is 0 Å². The molecule has 0 aliphatic carbocycles. The number of aliphatic hydroxyl groups is 1. The summed E-state index contributed by atoms with van der Waals surface area (Å²) in [5.74, 6) is 0. The molecule has 0 saturated carbocycles. The van der Waals surface area contributed by atoms with Gasteiger partial charge in [-0.2, -0.15) is 0 Å². The summed E-state index contributed by atoms with van der Waals surface area (Å²) in [7, 11) is 0. The van der Waals surface area contributed by atoms with Gasteiger partial charge < -0.3 is 10.8 Å². The lowest BCUT2D eigenvalue weighted by molar-refractivity contribution is 0.153. The van der Waals surface area contributed by atoms with E-state index in [9.17, 15) is 5.11 Å². The molecule has 72 valence electrons. The summed E-state index contributed by atoms with van der Waals surface area (Å²) < 4.78 is 0. The predicted molar refractivity (Wildman–Crippen MR) is 54.8 cm³/mol. The first-order valence-electron chi connectivity index (χ1n) is 4.22. The zero-order valence-corrected chi connectivity index (χ0v) is 8.55. The Morgan fingerprint density at radius 1 is 1.46 bits per heavy atom. The van der Waals surface area contributed by atoms with Crippen LogP contribution in [0.5, 0.6) is 0 Å². The Kier molecular flexibility index (Phi) is 3.31. The van der Waals surface area contributed by atoms with Crippen molar-refractivity contribution >= 4 is 11.6 Å². The first-order chi connectivity index (χ1) is 6.02. The van der Waals surface area contributed by atoms with Crippen molar-refractivity contribution in [1.29, 1.82) is 0 Å². The van der Waals surface area contributed by atoms with E-state index in [4.69, 9.17) is 17.3 Å². The predicted octanol–water partition coefficient (Wildman–Crippen LogP) is 2.03. The second-order valence-electron chi connectivity index (χ2n) is 3.33. The van der Waals surface area contributed by atoms with E-state index in [1.165, 1.54) is 0 Å². The molecule has 0 amide bonds. The maximum Gasteiger partial charge on any atom is 0.0952 e. The van der Waals surface area contributed by atoms with Crippen LogP contribution < -0.4 is 5.73 Å². The molecule has 0 saturated heterocycles. The van der Waals surface area contributed by atoms with Crippen molar-refractivity contribution in [3.63, 3.8) is 0 Å². The molecule has 0 heterocycles. The van der Waals surface area contributed by atoms with Crippen molar-refractivity contribution < 1.29 is 5.11 Å². The first kappa shape index (κ1) is 10.5. The minimum absolute atomic E-state index is 0.306. The van der Waals surface area contributed by atoms with E-state index in [0.717, 1.165) is 5.56 Å². The normalized spacial score (nSPS) is 15.5. The number of rotatable bonds is 2. The molecular weight excluding hydrogens is 186 g/mol. The Labute approximate surface area is 83.3 Å². The van der Waals surface area contributed by atoms with Crippen LogP contribution in [0, 0.1) is 6.92 Å². The van der Waals surface area contributed by atoms with Gasteiger partial charge in [-0.3, -0.25) is 0 Å². The molecule has 0 radical (unpaired) electrons. The maximum absolute atomic E-state index is 9.69. The molecule has 3 N–H and O–H groups in total. The standard InChI is InChI=1S/C10H14ClNO/c1-6-3-4-9(11)8(5-6)10(13)7(2)12/h3-5,7,10,13H,12H2,1-2H3/t7-,10?/m1/s1. The van der Waals surface area contributed by atoms with Gasteiger partial charge in [0.05, 0.1) is 6.10 Å². The van der Waals surface area contributed by atoms with Gasteiger partial charge in [-0.05, 0) is 19.9 Å². The van der Waals surface area contributed by atoms with Gasteiger partial charge >= 0.3 is 0 Å². The Bertz CT molecular complexity index is 299. The van der Waals surface area contributed by atoms with Crippen molar-refractivity contribution in [2.24, 2.45) is 5.73 Å². The van der Waals surface area contributed by atoms with Crippen molar-refractivity contribution in [2.45, 2.75) is 26.0 Å². The minimum atomic E-state index is -0.688. The Morgan fingerprint density at radius 2 is 2.08 bits per heavy atom. The fourth-order valence-electron chi connectivity index (χ4n) is 1.17. The van der Waals surface area contributed by atoms with Crippen molar-refractivity contribution in [3.05, 3.63) is 34.3 Å². The lowest BCUT2D eigenvalue weighted by Gasteiger charge is -2.16. The van der Waals surface area contributed by atoms with E-state index in [-0.39, 0.29) is 6.04 Å². The molecule has 3 heteroatoms. The van der Waals surface area contributed by atoms with Crippen LogP contribution in [0.3, 0.4) is 0 Å². The van der Waals surface area contributed by atoms with Crippen LogP contribution in [0.1, 0.15) is 24.2 Å². The fourth-order valence-corrected chi connectivity index (χ4v) is 1.40. The largest absolute Gasteiger partial charge is 0.387 e. The second kappa shape index (κ2) is 4.09. The number of aliphatic hydroxyl groups excluding tert-OH is 1. The van der Waals surface area contributed by atoms with Crippen LogP contribution in [0.2, 0.25) is 5.02 Å². The topological polar surface area (TPSA) is 46.2 Å². The molecule has 0 fully saturated rings. The summed E-state index contributed by atoms with van der Waals surface area (Å²) in [6.45, 7) is 3.71. The molecule has 2 nitrogen and oxygen atoms in total. The van der Waals surface area contributed by atoms with Crippen LogP contribution in [-0.2, 0) is 0 Å². The van der Waals surface area contributed by atoms with E-state index in [0.29, 0.717) is 10.6 Å². The SMILES string of the molecule is Cc1ccc(Cl)c(C(O)[C@@H](C)N)c1. The number of hydrogen-bond donors (Lipinski definition) is 2. The smallest absolute Gasteiger partial charge is 0.0952 e. The van der Waals surface area contributed by atoms with Crippen LogP contribution in [0.25, 0.3) is 0 Å². The van der Waals surface area contributed by atoms with E-state index in [2.05, 4.69) is 0 Å². The van der Waals surface area contributed by atoms with Crippen molar-refractivity contribution in [1.82, 2.24) is 0 Å². The highest BCUT2D eigenvalue weighted by molar-refractivity contribution is 6.31. The summed E-state index contributed by atoms with van der Waals surface area (Å²) >= 11 is 5.92. The molecule has 1 aromatic rings. The number of aryl methyl sites for hydroxylation is 1. The van der Waals surface area contributed by atoms with E-state index in [1.807, 2.05) is 19.1 Å². The lowest BCUT2D eigenvalue weighted by atomic mass is 10.0. The van der Waals surface area contributed by atoms with Gasteiger partial charge in [-0.1, -0.05) is 29.3 Å². The number of hydrogen-bond acceptors (Lipinski definition) is 2. The summed E-state index contributed by atoms with van der Waals surface area (Å²) in [5.41, 5.74) is 7.35. The minimum Gasteiger partial charge on any atom is -0.387 e. The van der Waals surface area contributed by atoms with Crippen molar-refractivity contribution in [2.75, 3.05) is 0 Å². The summed E-state index contributed by atoms with van der Waals surface area (Å²) in [5, 5.41) is 10.3. The van der Waals surface area contributed by atoms with Crippen LogP contribution in [0.4, 0.5) is 0 Å². The van der Waals surface area contributed by atoms with Gasteiger partial charge in [0.1, 0.15) is 0 Å². The zero-order valence-electron chi connectivity index (χ0n) is 7.79. The van der Waals surface area contributed by atoms with Gasteiger partial charge in [-0.15, -0.1) is 0 Å². The molecule has 0 aromatic heterocycles. The number of halogens is 1. The monoisotopic (exact) mass is 199 g/mol. The first-order valence-corrected chi connectivity index (χ1v) is 4.60. The van der Waals surface area contributed by atoms with Crippen LogP contribution in [-0.4, -0.2) is 11.1 Å². The molecule has 1 unspecified atom stereocenters. The van der Waals surface area contributed by atoms with Crippen LogP contribution >= 0.6 is 11.6 Å². The summed E-state index contributed by atoms with van der Waals surface area (Å²) in [6, 6.07) is 5.23. The highest BCUT2D eigenvalue weighted by Gasteiger charge is 2.15. The highest BCUT2D eigenvalue weighted by atomic mass is 35.5. The molecule has 0 aliphatic heterocycles. The zero-order chi connectivity index (χ0) is 10.0. The Balaban J connectivity index is 3.05. The molecule has 1 aromatic carbocycles. The maximum atomic E-state index is 9.69. The lowest BCUT2D eigenvalue weighted by Crippen LogP contribution is -2.24. The third kappa shape index (κ3) is 2.44. The molecule has 1 rings (SSSR count). The molecule has 0 spiro atoms. The van der Waals surface area contributed by atoms with Gasteiger partial charge in [-0.25, -0.2) is 0 Å². The second-order valence-corrected chi connectivity index (χ2v) is 3.74. The van der Waals surface area contributed by atoms with Crippen LogP contribution in [0.15, 0.2) is 18.2 Å². The Morgan fingerprint density at radius 3 is 2.62 bits per heavy atom. The van der Waals surface area contributed by atoms with Crippen molar-refractivity contribution in [3.8, 4) is 0 Å². The average molecular weight is 200 g/mol. The quantitative estimate of drug-likeness (QED) is 0.766. The van der Waals surface area contributed by atoms with Gasteiger partial charge in [0.2, 0.25) is 0 Å². The van der Waals surface area contributed by atoms with E-state index >= 15 is 0 Å². The number of benzene rings is 1. The molecule has 0 bridgehead atoms. The number of nitrogens with two attached hydrogens (primary N) is 1. The molecule has 2 atom stereocenters. The van der Waals surface area contributed by atoms with E-state index < -0.39 is 6.10 Å². The molecule has 0 aliphatic rings. The third-order valence-corrected chi connectivity index (χ3v) is 2.31. The fraction of sp³-hybridized carbons (Fsp3) is 0.400. The summed E-state index contributed by atoms with van der Waals surface area (Å²) in [4.78, 5) is 0.